The van der Waals surface area contributed by atoms with Crippen LogP contribution in [0.3, 0.4) is 0 Å². The Morgan fingerprint density at radius 2 is 1.97 bits per heavy atom. The van der Waals surface area contributed by atoms with Gasteiger partial charge in [0, 0.05) is 17.1 Å². The standard InChI is InChI=1S/C25H33N5OS2/c1-18(2)20-6-8-21(9-7-20)30-17-27-28-25(30)33-16-24(31)26-15-22(23-5-4-14-32-23)29-12-10-19(3)11-13-29/h4-9,14,17-19,22H,10-13,15-16H2,1-3H3,(H,26,31). The molecule has 0 saturated carbocycles. The summed E-state index contributed by atoms with van der Waals surface area (Å²) in [4.78, 5) is 16.6. The Morgan fingerprint density at radius 3 is 2.64 bits per heavy atom. The molecule has 1 fully saturated rings. The first kappa shape index (κ1) is 24.0. The number of hydrogen-bond acceptors (Lipinski definition) is 6. The van der Waals surface area contributed by atoms with Crippen molar-refractivity contribution in [2.75, 3.05) is 25.4 Å². The number of thioether (sulfide) groups is 1. The summed E-state index contributed by atoms with van der Waals surface area (Å²) >= 11 is 3.19. The number of nitrogens with zero attached hydrogens (tertiary/aromatic N) is 4. The summed E-state index contributed by atoms with van der Waals surface area (Å²) in [6.07, 6.45) is 4.15. The first-order valence-electron chi connectivity index (χ1n) is 11.7. The minimum absolute atomic E-state index is 0.0247. The molecule has 0 spiro atoms. The lowest BCUT2D eigenvalue weighted by Crippen LogP contribution is -2.42. The second-order valence-corrected chi connectivity index (χ2v) is 11.0. The quantitative estimate of drug-likeness (QED) is 0.427. The highest BCUT2D eigenvalue weighted by Crippen LogP contribution is 2.29. The van der Waals surface area contributed by atoms with Crippen LogP contribution in [0.15, 0.2) is 53.3 Å². The van der Waals surface area contributed by atoms with Gasteiger partial charge in [0.15, 0.2) is 5.16 Å². The molecule has 0 radical (unpaired) electrons. The number of thiophene rings is 1. The zero-order valence-corrected chi connectivity index (χ0v) is 21.2. The molecule has 0 aliphatic carbocycles. The fourth-order valence-corrected chi connectivity index (χ4v) is 5.76. The van der Waals surface area contributed by atoms with Crippen LogP contribution in [-0.4, -0.2) is 51.0 Å². The number of benzene rings is 1. The first-order chi connectivity index (χ1) is 16.0. The molecule has 1 N–H and O–H groups in total. The van der Waals surface area contributed by atoms with Crippen molar-refractivity contribution in [3.8, 4) is 5.69 Å². The van der Waals surface area contributed by atoms with E-state index in [0.717, 1.165) is 29.9 Å². The Labute approximate surface area is 204 Å². The molecule has 0 bridgehead atoms. The first-order valence-corrected chi connectivity index (χ1v) is 13.5. The third-order valence-electron chi connectivity index (χ3n) is 6.31. The average molecular weight is 484 g/mol. The second-order valence-electron chi connectivity index (χ2n) is 9.07. The van der Waals surface area contributed by atoms with Crippen molar-refractivity contribution >= 4 is 29.0 Å². The lowest BCUT2D eigenvalue weighted by Gasteiger charge is -2.36. The fraction of sp³-hybridized carbons (Fsp3) is 0.480. The van der Waals surface area contributed by atoms with Crippen LogP contribution in [0.1, 0.15) is 56.0 Å². The molecular weight excluding hydrogens is 450 g/mol. The zero-order valence-electron chi connectivity index (χ0n) is 19.6. The van der Waals surface area contributed by atoms with Gasteiger partial charge in [-0.15, -0.1) is 21.5 Å². The van der Waals surface area contributed by atoms with E-state index in [2.05, 4.69) is 83.0 Å². The van der Waals surface area contributed by atoms with Crippen LogP contribution in [0.2, 0.25) is 0 Å². The number of rotatable bonds is 9. The Bertz CT molecular complexity index is 1010. The van der Waals surface area contributed by atoms with Crippen molar-refractivity contribution in [3.05, 3.63) is 58.5 Å². The highest BCUT2D eigenvalue weighted by atomic mass is 32.2. The molecule has 1 aliphatic heterocycles. The summed E-state index contributed by atoms with van der Waals surface area (Å²) < 4.78 is 1.94. The number of nitrogens with one attached hydrogen (secondary N) is 1. The maximum atomic E-state index is 12.7. The number of carbonyl (C=O) groups is 1. The SMILES string of the molecule is CC1CCN(C(CNC(=O)CSc2nncn2-c2ccc(C(C)C)cc2)c2cccs2)CC1. The molecular formula is C25H33N5OS2. The molecule has 1 amide bonds. The smallest absolute Gasteiger partial charge is 0.230 e. The number of carbonyl (C=O) groups excluding carboxylic acids is 1. The molecule has 3 heterocycles. The molecule has 1 saturated heterocycles. The van der Waals surface area contributed by atoms with Crippen LogP contribution in [0.4, 0.5) is 0 Å². The summed E-state index contributed by atoms with van der Waals surface area (Å²) in [6, 6.07) is 12.9. The van der Waals surface area contributed by atoms with Crippen molar-refractivity contribution in [3.63, 3.8) is 0 Å². The van der Waals surface area contributed by atoms with Gasteiger partial charge in [0.05, 0.1) is 11.8 Å². The average Bonchev–Trinajstić information content (AvgIpc) is 3.51. The van der Waals surface area contributed by atoms with Crippen molar-refractivity contribution in [1.29, 1.82) is 0 Å². The van der Waals surface area contributed by atoms with Crippen LogP contribution >= 0.6 is 23.1 Å². The lowest BCUT2D eigenvalue weighted by atomic mass is 9.97. The van der Waals surface area contributed by atoms with Gasteiger partial charge in [-0.25, -0.2) is 0 Å². The predicted molar refractivity (Wildman–Crippen MR) is 136 cm³/mol. The van der Waals surface area contributed by atoms with Gasteiger partial charge in [0.1, 0.15) is 6.33 Å². The van der Waals surface area contributed by atoms with E-state index < -0.39 is 0 Å². The molecule has 1 aliphatic rings. The van der Waals surface area contributed by atoms with Gasteiger partial charge < -0.3 is 5.32 Å². The maximum Gasteiger partial charge on any atom is 0.230 e. The second kappa shape index (κ2) is 11.3. The molecule has 4 rings (SSSR count). The van der Waals surface area contributed by atoms with E-state index in [-0.39, 0.29) is 11.9 Å². The fourth-order valence-electron chi connectivity index (χ4n) is 4.14. The molecule has 6 nitrogen and oxygen atoms in total. The molecule has 3 aromatic rings. The largest absolute Gasteiger partial charge is 0.353 e. The van der Waals surface area contributed by atoms with Crippen LogP contribution in [0.5, 0.6) is 0 Å². The van der Waals surface area contributed by atoms with Gasteiger partial charge in [0.25, 0.3) is 0 Å². The monoisotopic (exact) mass is 483 g/mol. The maximum absolute atomic E-state index is 12.7. The Hall–Kier alpha value is -2.16. The van der Waals surface area contributed by atoms with Crippen molar-refractivity contribution in [1.82, 2.24) is 25.0 Å². The summed E-state index contributed by atoms with van der Waals surface area (Å²) in [5, 5.41) is 14.3. The van der Waals surface area contributed by atoms with Crippen LogP contribution in [-0.2, 0) is 4.79 Å². The van der Waals surface area contributed by atoms with Gasteiger partial charge in [-0.3, -0.25) is 14.3 Å². The highest BCUT2D eigenvalue weighted by molar-refractivity contribution is 7.99. The van der Waals surface area contributed by atoms with Crippen LogP contribution in [0.25, 0.3) is 5.69 Å². The van der Waals surface area contributed by atoms with Crippen molar-refractivity contribution < 1.29 is 4.79 Å². The Morgan fingerprint density at radius 1 is 1.21 bits per heavy atom. The van der Waals surface area contributed by atoms with E-state index in [1.165, 1.54) is 35.0 Å². The molecule has 8 heteroatoms. The van der Waals surface area contributed by atoms with Crippen molar-refractivity contribution in [2.45, 2.75) is 50.7 Å². The number of piperidine rings is 1. The molecule has 176 valence electrons. The van der Waals surface area contributed by atoms with E-state index in [4.69, 9.17) is 0 Å². The van der Waals surface area contributed by atoms with E-state index in [9.17, 15) is 4.79 Å². The van der Waals surface area contributed by atoms with Gasteiger partial charge in [-0.1, -0.05) is 50.7 Å². The summed E-state index contributed by atoms with van der Waals surface area (Å²) in [5.41, 5.74) is 2.30. The van der Waals surface area contributed by atoms with E-state index in [1.54, 1.807) is 17.7 Å². The number of amides is 1. The van der Waals surface area contributed by atoms with Gasteiger partial charge >= 0.3 is 0 Å². The van der Waals surface area contributed by atoms with Crippen LogP contribution in [0, 0.1) is 5.92 Å². The minimum atomic E-state index is 0.0247. The van der Waals surface area contributed by atoms with E-state index in [0.29, 0.717) is 18.2 Å². The van der Waals surface area contributed by atoms with E-state index in [1.807, 2.05) is 4.57 Å². The third-order valence-corrected chi connectivity index (χ3v) is 8.23. The number of aromatic nitrogens is 3. The number of likely N-dealkylation sites (tertiary alicyclic amines) is 1. The third kappa shape index (κ3) is 6.25. The van der Waals surface area contributed by atoms with Crippen LogP contribution < -0.4 is 5.32 Å². The zero-order chi connectivity index (χ0) is 23.2. The Balaban J connectivity index is 1.33. The van der Waals surface area contributed by atoms with E-state index >= 15 is 0 Å². The summed E-state index contributed by atoms with van der Waals surface area (Å²) in [5.74, 6) is 1.62. The van der Waals surface area contributed by atoms with Gasteiger partial charge in [-0.05, 0) is 66.9 Å². The van der Waals surface area contributed by atoms with Gasteiger partial charge in [-0.2, -0.15) is 0 Å². The minimum Gasteiger partial charge on any atom is -0.353 e. The normalized spacial score (nSPS) is 16.2. The lowest BCUT2D eigenvalue weighted by molar-refractivity contribution is -0.118. The molecule has 1 unspecified atom stereocenters. The number of hydrogen-bond donors (Lipinski definition) is 1. The van der Waals surface area contributed by atoms with Crippen molar-refractivity contribution in [2.24, 2.45) is 5.92 Å². The molecule has 2 aromatic heterocycles. The predicted octanol–water partition coefficient (Wildman–Crippen LogP) is 5.13. The van der Waals surface area contributed by atoms with Gasteiger partial charge in [0.2, 0.25) is 5.91 Å². The Kier molecular flexibility index (Phi) is 8.22. The topological polar surface area (TPSA) is 63.1 Å². The molecule has 1 aromatic carbocycles. The molecule has 1 atom stereocenters. The summed E-state index contributed by atoms with van der Waals surface area (Å²) in [6.45, 7) is 9.51. The summed E-state index contributed by atoms with van der Waals surface area (Å²) in [7, 11) is 0. The highest BCUT2D eigenvalue weighted by Gasteiger charge is 2.25. The molecule has 33 heavy (non-hydrogen) atoms.